The molecular weight excluding hydrogens is 324 g/mol. The molecule has 0 bridgehead atoms. The lowest BCUT2D eigenvalue weighted by atomic mass is 9.90. The summed E-state index contributed by atoms with van der Waals surface area (Å²) < 4.78 is 12.5. The Morgan fingerprint density at radius 2 is 2.10 bits per heavy atom. The van der Waals surface area contributed by atoms with E-state index in [1.807, 2.05) is 12.1 Å². The molecule has 0 amide bonds. The van der Waals surface area contributed by atoms with E-state index in [4.69, 9.17) is 9.47 Å². The molecule has 1 unspecified atom stereocenters. The third-order valence-electron chi connectivity index (χ3n) is 3.86. The molecule has 0 spiro atoms. The Hall–Kier alpha value is -1.23. The van der Waals surface area contributed by atoms with E-state index in [0.29, 0.717) is 19.1 Å². The van der Waals surface area contributed by atoms with Crippen molar-refractivity contribution in [3.8, 4) is 11.5 Å². The topological polar surface area (TPSA) is 55.8 Å². The number of benzene rings is 1. The number of hydrogen-bond acceptors (Lipinski definition) is 3. The van der Waals surface area contributed by atoms with Crippen molar-refractivity contribution in [2.24, 2.45) is 5.92 Å². The first-order valence-electron chi connectivity index (χ1n) is 6.96. The Bertz CT molecular complexity index is 525. The fraction of sp³-hybridized carbons (Fsp3) is 0.533. The predicted molar refractivity (Wildman–Crippen MR) is 77.5 cm³/mol. The Morgan fingerprint density at radius 1 is 1.35 bits per heavy atom. The molecule has 1 aromatic rings. The summed E-state index contributed by atoms with van der Waals surface area (Å²) in [6.07, 6.45) is 3.17. The first-order valence-corrected chi connectivity index (χ1v) is 7.76. The molecule has 108 valence electrons. The van der Waals surface area contributed by atoms with Crippen LogP contribution in [0.1, 0.15) is 37.2 Å². The van der Waals surface area contributed by atoms with Crippen LogP contribution in [0.5, 0.6) is 11.5 Å². The van der Waals surface area contributed by atoms with E-state index in [2.05, 4.69) is 15.9 Å². The molecule has 1 saturated carbocycles. The largest absolute Gasteiger partial charge is 0.490 e. The van der Waals surface area contributed by atoms with Crippen LogP contribution in [0.15, 0.2) is 16.6 Å². The summed E-state index contributed by atoms with van der Waals surface area (Å²) in [5.74, 6) is 1.15. The maximum absolute atomic E-state index is 11.2. The van der Waals surface area contributed by atoms with Crippen molar-refractivity contribution in [2.45, 2.75) is 31.6 Å². The minimum Gasteiger partial charge on any atom is -0.490 e. The fourth-order valence-corrected chi connectivity index (χ4v) is 3.38. The highest BCUT2D eigenvalue weighted by Gasteiger charge is 2.37. The number of ether oxygens (including phenoxy) is 2. The maximum Gasteiger partial charge on any atom is 0.303 e. The summed E-state index contributed by atoms with van der Waals surface area (Å²) >= 11 is 3.56. The second-order valence-electron chi connectivity index (χ2n) is 5.38. The zero-order chi connectivity index (χ0) is 14.1. The van der Waals surface area contributed by atoms with Gasteiger partial charge in [0.25, 0.3) is 0 Å². The molecule has 0 saturated heterocycles. The van der Waals surface area contributed by atoms with Gasteiger partial charge in [-0.1, -0.05) is 15.9 Å². The molecule has 5 heteroatoms. The Morgan fingerprint density at radius 3 is 2.80 bits per heavy atom. The number of carboxylic acid groups (broad SMARTS) is 1. The average molecular weight is 341 g/mol. The smallest absolute Gasteiger partial charge is 0.303 e. The predicted octanol–water partition coefficient (Wildman–Crippen LogP) is 3.58. The van der Waals surface area contributed by atoms with Crippen molar-refractivity contribution in [3.63, 3.8) is 0 Å². The van der Waals surface area contributed by atoms with Crippen molar-refractivity contribution >= 4 is 21.9 Å². The van der Waals surface area contributed by atoms with Gasteiger partial charge in [-0.05, 0) is 30.9 Å². The van der Waals surface area contributed by atoms with Gasteiger partial charge in [-0.3, -0.25) is 4.79 Å². The highest BCUT2D eigenvalue weighted by atomic mass is 79.9. The molecule has 4 nitrogen and oxygen atoms in total. The molecule has 1 atom stereocenters. The van der Waals surface area contributed by atoms with Crippen LogP contribution in [0.2, 0.25) is 0 Å². The minimum atomic E-state index is -0.763. The van der Waals surface area contributed by atoms with Crippen LogP contribution in [0.25, 0.3) is 0 Å². The zero-order valence-corrected chi connectivity index (χ0v) is 12.7. The molecule has 1 N–H and O–H groups in total. The number of aliphatic carboxylic acids is 1. The number of rotatable bonds is 4. The summed E-state index contributed by atoms with van der Waals surface area (Å²) in [6.45, 7) is 1.25. The molecule has 1 aliphatic carbocycles. The summed E-state index contributed by atoms with van der Waals surface area (Å²) in [7, 11) is 0. The summed E-state index contributed by atoms with van der Waals surface area (Å²) in [6, 6.07) is 3.82. The van der Waals surface area contributed by atoms with Gasteiger partial charge in [0.1, 0.15) is 0 Å². The molecule has 1 aromatic carbocycles. The van der Waals surface area contributed by atoms with Gasteiger partial charge < -0.3 is 14.6 Å². The van der Waals surface area contributed by atoms with Crippen LogP contribution < -0.4 is 9.47 Å². The van der Waals surface area contributed by atoms with Crippen molar-refractivity contribution < 1.29 is 19.4 Å². The van der Waals surface area contributed by atoms with E-state index in [1.165, 1.54) is 0 Å². The third kappa shape index (κ3) is 2.77. The summed E-state index contributed by atoms with van der Waals surface area (Å²) in [5.41, 5.74) is 0.967. The standard InChI is InChI=1S/C15H17BrO4/c16-11-4-5-12-15(20-7-1-6-19-12)14(11)10(8-13(17)18)9-2-3-9/h4-5,9-10H,1-3,6-8H2,(H,17,18). The maximum atomic E-state index is 11.2. The van der Waals surface area contributed by atoms with Crippen molar-refractivity contribution in [3.05, 3.63) is 22.2 Å². The van der Waals surface area contributed by atoms with Gasteiger partial charge in [0, 0.05) is 22.4 Å². The molecule has 0 radical (unpaired) electrons. The molecule has 1 fully saturated rings. The van der Waals surface area contributed by atoms with E-state index in [9.17, 15) is 9.90 Å². The molecule has 2 aliphatic rings. The SMILES string of the molecule is O=C(O)CC(c1c(Br)ccc2c1OCCCO2)C1CC1. The lowest BCUT2D eigenvalue weighted by Gasteiger charge is -2.21. The van der Waals surface area contributed by atoms with Gasteiger partial charge in [-0.2, -0.15) is 0 Å². The minimum absolute atomic E-state index is 0.00137. The van der Waals surface area contributed by atoms with Crippen LogP contribution >= 0.6 is 15.9 Å². The normalized spacial score (nSPS) is 19.2. The van der Waals surface area contributed by atoms with Crippen LogP contribution in [-0.2, 0) is 4.79 Å². The first-order chi connectivity index (χ1) is 9.66. The second kappa shape index (κ2) is 5.64. The van der Waals surface area contributed by atoms with Crippen molar-refractivity contribution in [2.75, 3.05) is 13.2 Å². The van der Waals surface area contributed by atoms with E-state index in [0.717, 1.165) is 40.8 Å². The number of hydrogen-bond donors (Lipinski definition) is 1. The molecule has 1 aliphatic heterocycles. The van der Waals surface area contributed by atoms with Gasteiger partial charge in [0.2, 0.25) is 0 Å². The highest BCUT2D eigenvalue weighted by molar-refractivity contribution is 9.10. The number of carbonyl (C=O) groups is 1. The fourth-order valence-electron chi connectivity index (χ4n) is 2.77. The lowest BCUT2D eigenvalue weighted by molar-refractivity contribution is -0.137. The highest BCUT2D eigenvalue weighted by Crippen LogP contribution is 2.51. The molecule has 0 aromatic heterocycles. The number of carboxylic acids is 1. The van der Waals surface area contributed by atoms with E-state index >= 15 is 0 Å². The monoisotopic (exact) mass is 340 g/mol. The summed E-state index contributed by atoms with van der Waals surface area (Å²) in [4.78, 5) is 11.2. The quantitative estimate of drug-likeness (QED) is 0.910. The Labute approximate surface area is 126 Å². The van der Waals surface area contributed by atoms with Gasteiger partial charge in [0.05, 0.1) is 19.6 Å². The van der Waals surface area contributed by atoms with Crippen LogP contribution in [-0.4, -0.2) is 24.3 Å². The van der Waals surface area contributed by atoms with E-state index in [1.54, 1.807) is 0 Å². The van der Waals surface area contributed by atoms with Crippen LogP contribution in [0.4, 0.5) is 0 Å². The third-order valence-corrected chi connectivity index (χ3v) is 4.55. The van der Waals surface area contributed by atoms with E-state index in [-0.39, 0.29) is 12.3 Å². The number of halogens is 1. The Balaban J connectivity index is 2.03. The van der Waals surface area contributed by atoms with Crippen LogP contribution in [0.3, 0.4) is 0 Å². The van der Waals surface area contributed by atoms with E-state index < -0.39 is 5.97 Å². The Kier molecular flexibility index (Phi) is 3.87. The average Bonchev–Trinajstić information content (AvgIpc) is 3.23. The molecule has 20 heavy (non-hydrogen) atoms. The number of fused-ring (bicyclic) bond motifs is 1. The lowest BCUT2D eigenvalue weighted by Crippen LogP contribution is -2.11. The van der Waals surface area contributed by atoms with Gasteiger partial charge >= 0.3 is 5.97 Å². The summed E-state index contributed by atoms with van der Waals surface area (Å²) in [5, 5.41) is 9.19. The van der Waals surface area contributed by atoms with Crippen LogP contribution in [0, 0.1) is 5.92 Å². The van der Waals surface area contributed by atoms with Crippen molar-refractivity contribution in [1.82, 2.24) is 0 Å². The van der Waals surface area contributed by atoms with Gasteiger partial charge in [-0.15, -0.1) is 0 Å². The first kappa shape index (κ1) is 13.7. The van der Waals surface area contributed by atoms with Crippen molar-refractivity contribution in [1.29, 1.82) is 0 Å². The molecular formula is C15H17BrO4. The van der Waals surface area contributed by atoms with Gasteiger partial charge in [-0.25, -0.2) is 0 Å². The molecule has 3 rings (SSSR count). The second-order valence-corrected chi connectivity index (χ2v) is 6.23. The van der Waals surface area contributed by atoms with Gasteiger partial charge in [0.15, 0.2) is 11.5 Å². The molecule has 1 heterocycles. The zero-order valence-electron chi connectivity index (χ0n) is 11.1.